The molecule has 2 aromatic rings. The van der Waals surface area contributed by atoms with Gasteiger partial charge in [0.25, 0.3) is 11.8 Å². The fraction of sp³-hybridized carbons (Fsp3) is 0.238. The summed E-state index contributed by atoms with van der Waals surface area (Å²) in [5.74, 6) is -0.0978. The predicted molar refractivity (Wildman–Crippen MR) is 104 cm³/mol. The van der Waals surface area contributed by atoms with Gasteiger partial charge in [0.05, 0.1) is 7.11 Å². The van der Waals surface area contributed by atoms with Crippen LogP contribution in [-0.4, -0.2) is 36.7 Å². The molecule has 0 spiro atoms. The van der Waals surface area contributed by atoms with Crippen LogP contribution < -0.4 is 15.4 Å². The van der Waals surface area contributed by atoms with Crippen LogP contribution in [0.1, 0.15) is 29.3 Å². The van der Waals surface area contributed by atoms with Gasteiger partial charge < -0.3 is 20.5 Å². The molecule has 2 amide bonds. The Hall–Kier alpha value is -3.12. The molecule has 1 atom stereocenters. The number of hydrogen-bond acceptors (Lipinski definition) is 4. The molecule has 27 heavy (non-hydrogen) atoms. The number of nitrogens with one attached hydrogen (secondary N) is 2. The lowest BCUT2D eigenvalue weighted by Crippen LogP contribution is -2.39. The van der Waals surface area contributed by atoms with Gasteiger partial charge in [-0.05, 0) is 49.2 Å². The second-order valence-electron chi connectivity index (χ2n) is 6.04. The number of amides is 2. The SMILES string of the molecule is COc1ccc(/C=C(\NC(=O)c2ccccc2)C(=O)NC(C)CCO)cc1. The Bertz CT molecular complexity index is 786. The minimum absolute atomic E-state index is 0.0324. The van der Waals surface area contributed by atoms with Crippen LogP contribution >= 0.6 is 0 Å². The number of benzene rings is 2. The third-order valence-corrected chi connectivity index (χ3v) is 3.90. The van der Waals surface area contributed by atoms with Crippen LogP contribution in [0.4, 0.5) is 0 Å². The first-order chi connectivity index (χ1) is 13.0. The molecule has 0 saturated heterocycles. The van der Waals surface area contributed by atoms with Crippen molar-refractivity contribution in [1.82, 2.24) is 10.6 Å². The third kappa shape index (κ3) is 6.27. The Balaban J connectivity index is 2.25. The lowest BCUT2D eigenvalue weighted by Gasteiger charge is -2.15. The van der Waals surface area contributed by atoms with Gasteiger partial charge in [-0.15, -0.1) is 0 Å². The fourth-order valence-corrected chi connectivity index (χ4v) is 2.38. The summed E-state index contributed by atoms with van der Waals surface area (Å²) in [6.07, 6.45) is 2.02. The van der Waals surface area contributed by atoms with Crippen LogP contribution in [-0.2, 0) is 4.79 Å². The third-order valence-electron chi connectivity index (χ3n) is 3.90. The van der Waals surface area contributed by atoms with Gasteiger partial charge in [0.1, 0.15) is 11.4 Å². The van der Waals surface area contributed by atoms with E-state index in [0.29, 0.717) is 17.7 Å². The van der Waals surface area contributed by atoms with Crippen molar-refractivity contribution >= 4 is 17.9 Å². The van der Waals surface area contributed by atoms with Crippen molar-refractivity contribution < 1.29 is 19.4 Å². The summed E-state index contributed by atoms with van der Waals surface area (Å²) in [6, 6.07) is 15.6. The topological polar surface area (TPSA) is 87.7 Å². The Morgan fingerprint density at radius 2 is 1.78 bits per heavy atom. The smallest absolute Gasteiger partial charge is 0.268 e. The molecule has 0 radical (unpaired) electrons. The Labute approximate surface area is 158 Å². The highest BCUT2D eigenvalue weighted by Gasteiger charge is 2.16. The predicted octanol–water partition coefficient (Wildman–Crippen LogP) is 2.35. The van der Waals surface area contributed by atoms with Gasteiger partial charge in [0.15, 0.2) is 0 Å². The van der Waals surface area contributed by atoms with E-state index in [1.807, 2.05) is 6.07 Å². The van der Waals surface area contributed by atoms with Crippen LogP contribution in [0.2, 0.25) is 0 Å². The van der Waals surface area contributed by atoms with Gasteiger partial charge in [-0.25, -0.2) is 0 Å². The summed E-state index contributed by atoms with van der Waals surface area (Å²) in [5.41, 5.74) is 1.32. The Morgan fingerprint density at radius 3 is 2.37 bits per heavy atom. The molecule has 0 fully saturated rings. The van der Waals surface area contributed by atoms with Crippen molar-refractivity contribution in [2.45, 2.75) is 19.4 Å². The number of aliphatic hydroxyl groups excluding tert-OH is 1. The molecule has 6 nitrogen and oxygen atoms in total. The van der Waals surface area contributed by atoms with Crippen LogP contribution in [0.15, 0.2) is 60.3 Å². The molecule has 0 aliphatic heterocycles. The molecule has 0 heterocycles. The monoisotopic (exact) mass is 368 g/mol. The normalized spacial score (nSPS) is 12.2. The molecular formula is C21H24N2O4. The minimum Gasteiger partial charge on any atom is -0.497 e. The zero-order chi connectivity index (χ0) is 19.6. The zero-order valence-corrected chi connectivity index (χ0v) is 15.4. The molecule has 0 aromatic heterocycles. The molecule has 142 valence electrons. The number of carbonyl (C=O) groups is 2. The van der Waals surface area contributed by atoms with E-state index in [0.717, 1.165) is 5.56 Å². The summed E-state index contributed by atoms with van der Waals surface area (Å²) in [6.45, 7) is 1.76. The summed E-state index contributed by atoms with van der Waals surface area (Å²) >= 11 is 0. The maximum absolute atomic E-state index is 12.6. The van der Waals surface area contributed by atoms with Crippen LogP contribution in [0.25, 0.3) is 6.08 Å². The van der Waals surface area contributed by atoms with E-state index in [-0.39, 0.29) is 24.3 Å². The molecule has 6 heteroatoms. The molecule has 0 bridgehead atoms. The van der Waals surface area contributed by atoms with E-state index in [4.69, 9.17) is 9.84 Å². The first-order valence-electron chi connectivity index (χ1n) is 8.67. The largest absolute Gasteiger partial charge is 0.497 e. The maximum atomic E-state index is 12.6. The number of rotatable bonds is 8. The number of methoxy groups -OCH3 is 1. The molecule has 0 aliphatic rings. The first kappa shape index (κ1) is 20.2. The van der Waals surface area contributed by atoms with Gasteiger partial charge in [0, 0.05) is 18.2 Å². The average molecular weight is 368 g/mol. The highest BCUT2D eigenvalue weighted by Crippen LogP contribution is 2.14. The van der Waals surface area contributed by atoms with Crippen molar-refractivity contribution in [2.75, 3.05) is 13.7 Å². The zero-order valence-electron chi connectivity index (χ0n) is 15.4. The van der Waals surface area contributed by atoms with Crippen molar-refractivity contribution in [3.63, 3.8) is 0 Å². The van der Waals surface area contributed by atoms with E-state index >= 15 is 0 Å². The van der Waals surface area contributed by atoms with Crippen LogP contribution in [0, 0.1) is 0 Å². The number of carbonyl (C=O) groups excluding carboxylic acids is 2. The van der Waals surface area contributed by atoms with Gasteiger partial charge in [0.2, 0.25) is 0 Å². The molecule has 2 rings (SSSR count). The van der Waals surface area contributed by atoms with E-state index in [2.05, 4.69) is 10.6 Å². The van der Waals surface area contributed by atoms with Gasteiger partial charge >= 0.3 is 0 Å². The fourth-order valence-electron chi connectivity index (χ4n) is 2.38. The van der Waals surface area contributed by atoms with Crippen LogP contribution in [0.5, 0.6) is 5.75 Å². The van der Waals surface area contributed by atoms with Gasteiger partial charge in [-0.2, -0.15) is 0 Å². The maximum Gasteiger partial charge on any atom is 0.268 e. The average Bonchev–Trinajstić information content (AvgIpc) is 2.68. The highest BCUT2D eigenvalue weighted by molar-refractivity contribution is 6.05. The quantitative estimate of drug-likeness (QED) is 0.624. The molecule has 1 unspecified atom stereocenters. The van der Waals surface area contributed by atoms with Crippen molar-refractivity contribution in [1.29, 1.82) is 0 Å². The van der Waals surface area contributed by atoms with Crippen molar-refractivity contribution in [2.24, 2.45) is 0 Å². The number of hydrogen-bond donors (Lipinski definition) is 3. The summed E-state index contributed by atoms with van der Waals surface area (Å²) < 4.78 is 5.13. The minimum atomic E-state index is -0.420. The molecule has 0 aliphatic carbocycles. The molecular weight excluding hydrogens is 344 g/mol. The first-order valence-corrected chi connectivity index (χ1v) is 8.67. The summed E-state index contributed by atoms with van der Waals surface area (Å²) in [5, 5.41) is 14.5. The molecule has 3 N–H and O–H groups in total. The lowest BCUT2D eigenvalue weighted by molar-refractivity contribution is -0.118. The van der Waals surface area contributed by atoms with E-state index in [9.17, 15) is 9.59 Å². The Morgan fingerprint density at radius 1 is 1.11 bits per heavy atom. The van der Waals surface area contributed by atoms with Gasteiger partial charge in [-0.1, -0.05) is 30.3 Å². The molecule has 2 aromatic carbocycles. The van der Waals surface area contributed by atoms with E-state index in [1.54, 1.807) is 68.6 Å². The van der Waals surface area contributed by atoms with Gasteiger partial charge in [-0.3, -0.25) is 9.59 Å². The summed E-state index contributed by atoms with van der Waals surface area (Å²) in [7, 11) is 1.58. The second-order valence-corrected chi connectivity index (χ2v) is 6.04. The van der Waals surface area contributed by atoms with Crippen LogP contribution in [0.3, 0.4) is 0 Å². The van der Waals surface area contributed by atoms with E-state index < -0.39 is 5.91 Å². The van der Waals surface area contributed by atoms with E-state index in [1.165, 1.54) is 0 Å². The second kappa shape index (κ2) is 10.1. The number of ether oxygens (including phenoxy) is 1. The number of aliphatic hydroxyl groups is 1. The van der Waals surface area contributed by atoms with Crippen molar-refractivity contribution in [3.05, 3.63) is 71.4 Å². The molecule has 0 saturated carbocycles. The highest BCUT2D eigenvalue weighted by atomic mass is 16.5. The lowest BCUT2D eigenvalue weighted by atomic mass is 10.1. The summed E-state index contributed by atoms with van der Waals surface area (Å²) in [4.78, 5) is 25.1. The van der Waals surface area contributed by atoms with Crippen molar-refractivity contribution in [3.8, 4) is 5.75 Å². The Kier molecular flexibility index (Phi) is 7.58. The standard InChI is InChI=1S/C21H24N2O4/c1-15(12-13-24)22-21(26)19(14-16-8-10-18(27-2)11-9-16)23-20(25)17-6-4-3-5-7-17/h3-11,14-15,24H,12-13H2,1-2H3,(H,22,26)(H,23,25)/b19-14-.